The molecule has 2 N–H and O–H groups in total. The molecule has 1 heterocycles. The molecule has 0 aliphatic carbocycles. The first-order valence-electron chi connectivity index (χ1n) is 6.58. The number of benzene rings is 1. The fourth-order valence-electron chi connectivity index (χ4n) is 2.14. The monoisotopic (exact) mass is 272 g/mol. The smallest absolute Gasteiger partial charge is 0.227 e. The van der Waals surface area contributed by atoms with Crippen LogP contribution in [0.1, 0.15) is 16.7 Å². The summed E-state index contributed by atoms with van der Waals surface area (Å²) in [4.78, 5) is 14.0. The van der Waals surface area contributed by atoms with Gasteiger partial charge in [0.25, 0.3) is 0 Å². The normalized spacial score (nSPS) is 10.6. The third-order valence-corrected chi connectivity index (χ3v) is 3.28. The van der Waals surface area contributed by atoms with Crippen molar-refractivity contribution >= 4 is 5.91 Å². The number of hydrogen-bond acceptors (Lipinski definition) is 3. The van der Waals surface area contributed by atoms with Crippen molar-refractivity contribution in [3.63, 3.8) is 0 Å². The lowest BCUT2D eigenvalue weighted by Crippen LogP contribution is -2.28. The van der Waals surface area contributed by atoms with Crippen LogP contribution in [-0.2, 0) is 31.4 Å². The molecule has 0 bridgehead atoms. The van der Waals surface area contributed by atoms with Gasteiger partial charge in [-0.25, -0.2) is 0 Å². The van der Waals surface area contributed by atoms with Crippen LogP contribution in [0.4, 0.5) is 0 Å². The molecule has 0 spiro atoms. The molecular weight excluding hydrogens is 252 g/mol. The fourth-order valence-corrected chi connectivity index (χ4v) is 2.14. The van der Waals surface area contributed by atoms with Gasteiger partial charge in [-0.1, -0.05) is 24.3 Å². The van der Waals surface area contributed by atoms with Crippen molar-refractivity contribution in [2.24, 2.45) is 12.8 Å². The minimum Gasteiger partial charge on any atom is -0.341 e. The molecule has 2 aromatic rings. The predicted molar refractivity (Wildman–Crippen MR) is 77.7 cm³/mol. The van der Waals surface area contributed by atoms with Crippen LogP contribution >= 0.6 is 0 Å². The van der Waals surface area contributed by atoms with Crippen LogP contribution in [-0.4, -0.2) is 27.6 Å². The van der Waals surface area contributed by atoms with E-state index in [0.29, 0.717) is 19.5 Å². The number of aromatic nitrogens is 2. The second-order valence-corrected chi connectivity index (χ2v) is 4.92. The summed E-state index contributed by atoms with van der Waals surface area (Å²) < 4.78 is 1.73. The number of nitrogens with two attached hydrogens (primary N) is 1. The van der Waals surface area contributed by atoms with E-state index in [9.17, 15) is 4.79 Å². The Balaban J connectivity index is 2.00. The number of hydrogen-bond donors (Lipinski definition) is 1. The van der Waals surface area contributed by atoms with Crippen LogP contribution < -0.4 is 5.73 Å². The van der Waals surface area contributed by atoms with Gasteiger partial charge in [0.1, 0.15) is 0 Å². The first kappa shape index (κ1) is 14.3. The Morgan fingerprint density at radius 3 is 2.65 bits per heavy atom. The van der Waals surface area contributed by atoms with Crippen LogP contribution in [0.3, 0.4) is 0 Å². The molecule has 1 amide bonds. The molecule has 1 aromatic carbocycles. The molecule has 0 aliphatic heterocycles. The quantitative estimate of drug-likeness (QED) is 0.886. The Kier molecular flexibility index (Phi) is 4.53. The summed E-state index contributed by atoms with van der Waals surface area (Å²) in [7, 11) is 3.67. The molecule has 1 aromatic heterocycles. The van der Waals surface area contributed by atoms with Gasteiger partial charge < -0.3 is 10.6 Å². The maximum Gasteiger partial charge on any atom is 0.227 e. The second kappa shape index (κ2) is 6.34. The van der Waals surface area contributed by atoms with E-state index in [1.807, 2.05) is 37.5 Å². The number of carbonyl (C=O) groups is 1. The number of aryl methyl sites for hydroxylation is 1. The van der Waals surface area contributed by atoms with Crippen LogP contribution in [0, 0.1) is 0 Å². The van der Waals surface area contributed by atoms with Gasteiger partial charge in [0, 0.05) is 38.9 Å². The van der Waals surface area contributed by atoms with Gasteiger partial charge in [0.2, 0.25) is 5.91 Å². The third-order valence-electron chi connectivity index (χ3n) is 3.28. The topological polar surface area (TPSA) is 64.2 Å². The lowest BCUT2D eigenvalue weighted by molar-refractivity contribution is -0.129. The average Bonchev–Trinajstić information content (AvgIpc) is 2.84. The summed E-state index contributed by atoms with van der Waals surface area (Å²) in [5.74, 6) is 0.0785. The van der Waals surface area contributed by atoms with Crippen LogP contribution in [0.25, 0.3) is 0 Å². The van der Waals surface area contributed by atoms with E-state index in [-0.39, 0.29) is 5.91 Å². The fraction of sp³-hybridized carbons (Fsp3) is 0.333. The number of carbonyl (C=O) groups excluding carboxylic acids is 1. The Hall–Kier alpha value is -2.14. The first-order valence-corrected chi connectivity index (χ1v) is 6.58. The lowest BCUT2D eigenvalue weighted by Gasteiger charge is -2.17. The molecule has 0 fully saturated rings. The summed E-state index contributed by atoms with van der Waals surface area (Å²) in [6, 6.07) is 7.79. The largest absolute Gasteiger partial charge is 0.341 e. The zero-order valence-corrected chi connectivity index (χ0v) is 11.9. The highest BCUT2D eigenvalue weighted by Crippen LogP contribution is 2.11. The van der Waals surface area contributed by atoms with Gasteiger partial charge in [-0.15, -0.1) is 0 Å². The summed E-state index contributed by atoms with van der Waals surface area (Å²) >= 11 is 0. The van der Waals surface area contributed by atoms with Gasteiger partial charge in [-0.05, 0) is 11.1 Å². The van der Waals surface area contributed by atoms with E-state index in [4.69, 9.17) is 5.73 Å². The SMILES string of the molecule is CN(Cc1cnn(C)c1)C(=O)Cc1ccccc1CN. The molecule has 0 saturated heterocycles. The third kappa shape index (κ3) is 3.45. The molecule has 0 atom stereocenters. The van der Waals surface area contributed by atoms with Gasteiger partial charge in [0.15, 0.2) is 0 Å². The van der Waals surface area contributed by atoms with Crippen molar-refractivity contribution in [2.45, 2.75) is 19.5 Å². The molecule has 5 nitrogen and oxygen atoms in total. The zero-order valence-electron chi connectivity index (χ0n) is 11.9. The van der Waals surface area contributed by atoms with Crippen molar-refractivity contribution in [2.75, 3.05) is 7.05 Å². The molecule has 20 heavy (non-hydrogen) atoms. The summed E-state index contributed by atoms with van der Waals surface area (Å²) in [6.45, 7) is 1.02. The number of rotatable bonds is 5. The Bertz CT molecular complexity index is 591. The first-order chi connectivity index (χ1) is 9.60. The van der Waals surface area contributed by atoms with Crippen LogP contribution in [0.2, 0.25) is 0 Å². The Morgan fingerprint density at radius 2 is 2.05 bits per heavy atom. The highest BCUT2D eigenvalue weighted by Gasteiger charge is 2.12. The van der Waals surface area contributed by atoms with Gasteiger partial charge >= 0.3 is 0 Å². The maximum atomic E-state index is 12.2. The molecule has 0 radical (unpaired) electrons. The molecule has 0 unspecified atom stereocenters. The summed E-state index contributed by atoms with van der Waals surface area (Å²) in [6.07, 6.45) is 4.07. The molecule has 0 saturated carbocycles. The summed E-state index contributed by atoms with van der Waals surface area (Å²) in [5.41, 5.74) is 8.74. The van der Waals surface area contributed by atoms with Crippen LogP contribution in [0.5, 0.6) is 0 Å². The molecule has 106 valence electrons. The number of amides is 1. The van der Waals surface area contributed by atoms with E-state index in [1.54, 1.807) is 22.8 Å². The lowest BCUT2D eigenvalue weighted by atomic mass is 10.0. The second-order valence-electron chi connectivity index (χ2n) is 4.92. The van der Waals surface area contributed by atoms with E-state index in [1.165, 1.54) is 0 Å². The van der Waals surface area contributed by atoms with Crippen molar-refractivity contribution in [1.82, 2.24) is 14.7 Å². The van der Waals surface area contributed by atoms with E-state index in [2.05, 4.69) is 5.10 Å². The highest BCUT2D eigenvalue weighted by atomic mass is 16.2. The van der Waals surface area contributed by atoms with Crippen molar-refractivity contribution < 1.29 is 4.79 Å². The van der Waals surface area contributed by atoms with Crippen molar-refractivity contribution in [3.8, 4) is 0 Å². The highest BCUT2D eigenvalue weighted by molar-refractivity contribution is 5.78. The Morgan fingerprint density at radius 1 is 1.35 bits per heavy atom. The molecule has 0 aliphatic rings. The molecular formula is C15H20N4O. The van der Waals surface area contributed by atoms with Crippen molar-refractivity contribution in [1.29, 1.82) is 0 Å². The van der Waals surface area contributed by atoms with Gasteiger partial charge in [-0.2, -0.15) is 5.10 Å². The average molecular weight is 272 g/mol. The maximum absolute atomic E-state index is 12.2. The van der Waals surface area contributed by atoms with E-state index >= 15 is 0 Å². The predicted octanol–water partition coefficient (Wildman–Crippen LogP) is 1.08. The minimum atomic E-state index is 0.0785. The minimum absolute atomic E-state index is 0.0785. The van der Waals surface area contributed by atoms with Crippen LogP contribution in [0.15, 0.2) is 36.7 Å². The number of nitrogens with zero attached hydrogens (tertiary/aromatic N) is 3. The zero-order chi connectivity index (χ0) is 14.5. The van der Waals surface area contributed by atoms with E-state index in [0.717, 1.165) is 16.7 Å². The molecule has 5 heteroatoms. The standard InChI is InChI=1S/C15H20N4O/c1-18(10-12-9-17-19(2)11-12)15(20)7-13-5-3-4-6-14(13)8-16/h3-6,9,11H,7-8,10,16H2,1-2H3. The van der Waals surface area contributed by atoms with Gasteiger partial charge in [0.05, 0.1) is 12.6 Å². The van der Waals surface area contributed by atoms with Gasteiger partial charge in [-0.3, -0.25) is 9.48 Å². The van der Waals surface area contributed by atoms with E-state index < -0.39 is 0 Å². The number of likely N-dealkylation sites (N-methyl/N-ethyl adjacent to an activating group) is 1. The summed E-state index contributed by atoms with van der Waals surface area (Å²) in [5, 5.41) is 4.10. The Labute approximate surface area is 119 Å². The molecule has 2 rings (SSSR count). The van der Waals surface area contributed by atoms with Crippen molar-refractivity contribution in [3.05, 3.63) is 53.3 Å².